The third-order valence-corrected chi connectivity index (χ3v) is 4.33. The van der Waals surface area contributed by atoms with Crippen molar-refractivity contribution in [1.29, 1.82) is 0 Å². The highest BCUT2D eigenvalue weighted by atomic mass is 32.1. The summed E-state index contributed by atoms with van der Waals surface area (Å²) in [6.45, 7) is 0. The standard InChI is InChI=1S/C12H16O2S/c13-12(14)8-6-10-5-7-11(15-10)9-3-1-2-4-9/h5,7,9H,1-4,6,8H2,(H,13,14). The molecule has 1 aromatic heterocycles. The Labute approximate surface area is 93.9 Å². The van der Waals surface area contributed by atoms with Crippen LogP contribution in [0.5, 0.6) is 0 Å². The predicted octanol–water partition coefficient (Wildman–Crippen LogP) is 3.42. The number of rotatable bonds is 4. The van der Waals surface area contributed by atoms with Crippen LogP contribution in [0, 0.1) is 0 Å². The summed E-state index contributed by atoms with van der Waals surface area (Å²) in [5.41, 5.74) is 0. The Kier molecular flexibility index (Phi) is 3.41. The van der Waals surface area contributed by atoms with Crippen molar-refractivity contribution < 1.29 is 9.90 Å². The van der Waals surface area contributed by atoms with Gasteiger partial charge in [0.05, 0.1) is 6.42 Å². The first kappa shape index (κ1) is 10.7. The van der Waals surface area contributed by atoms with E-state index >= 15 is 0 Å². The molecule has 1 N–H and O–H groups in total. The van der Waals surface area contributed by atoms with Gasteiger partial charge in [-0.05, 0) is 37.3 Å². The Morgan fingerprint density at radius 3 is 2.80 bits per heavy atom. The Bertz CT molecular complexity index is 337. The maximum atomic E-state index is 10.4. The maximum absolute atomic E-state index is 10.4. The van der Waals surface area contributed by atoms with Crippen LogP contribution in [-0.2, 0) is 11.2 Å². The van der Waals surface area contributed by atoms with Gasteiger partial charge in [0, 0.05) is 9.75 Å². The van der Waals surface area contributed by atoms with E-state index in [-0.39, 0.29) is 6.42 Å². The van der Waals surface area contributed by atoms with Gasteiger partial charge in [0.25, 0.3) is 0 Å². The van der Waals surface area contributed by atoms with Crippen LogP contribution in [0.2, 0.25) is 0 Å². The minimum absolute atomic E-state index is 0.255. The fourth-order valence-corrected chi connectivity index (χ4v) is 3.37. The van der Waals surface area contributed by atoms with Crippen LogP contribution in [0.4, 0.5) is 0 Å². The molecule has 82 valence electrons. The molecule has 0 amide bonds. The average molecular weight is 224 g/mol. The van der Waals surface area contributed by atoms with Crippen LogP contribution in [0.3, 0.4) is 0 Å². The largest absolute Gasteiger partial charge is 0.481 e. The fourth-order valence-electron chi connectivity index (χ4n) is 2.19. The Morgan fingerprint density at radius 1 is 1.40 bits per heavy atom. The zero-order valence-electron chi connectivity index (χ0n) is 8.74. The lowest BCUT2D eigenvalue weighted by Crippen LogP contribution is -1.95. The van der Waals surface area contributed by atoms with E-state index in [4.69, 9.17) is 5.11 Å². The lowest BCUT2D eigenvalue weighted by atomic mass is 10.1. The van der Waals surface area contributed by atoms with Crippen LogP contribution >= 0.6 is 11.3 Å². The molecule has 1 aromatic rings. The Hall–Kier alpha value is -0.830. The van der Waals surface area contributed by atoms with Gasteiger partial charge < -0.3 is 5.11 Å². The molecule has 1 aliphatic carbocycles. The molecule has 0 aromatic carbocycles. The Morgan fingerprint density at radius 2 is 2.13 bits per heavy atom. The first-order valence-electron chi connectivity index (χ1n) is 5.56. The van der Waals surface area contributed by atoms with Crippen LogP contribution in [0.25, 0.3) is 0 Å². The van der Waals surface area contributed by atoms with E-state index in [0.29, 0.717) is 6.42 Å². The van der Waals surface area contributed by atoms with Gasteiger partial charge in [0.15, 0.2) is 0 Å². The molecule has 1 fully saturated rings. The topological polar surface area (TPSA) is 37.3 Å². The van der Waals surface area contributed by atoms with Crippen molar-refractivity contribution in [1.82, 2.24) is 0 Å². The molecule has 2 nitrogen and oxygen atoms in total. The molecule has 15 heavy (non-hydrogen) atoms. The van der Waals surface area contributed by atoms with Crippen molar-refractivity contribution in [2.75, 3.05) is 0 Å². The number of aryl methyl sites for hydroxylation is 1. The molecule has 2 rings (SSSR count). The highest BCUT2D eigenvalue weighted by molar-refractivity contribution is 7.12. The van der Waals surface area contributed by atoms with Crippen LogP contribution in [0.1, 0.15) is 47.8 Å². The zero-order valence-corrected chi connectivity index (χ0v) is 9.55. The number of hydrogen-bond acceptors (Lipinski definition) is 2. The van der Waals surface area contributed by atoms with E-state index in [9.17, 15) is 4.79 Å². The van der Waals surface area contributed by atoms with Crippen molar-refractivity contribution in [3.8, 4) is 0 Å². The van der Waals surface area contributed by atoms with E-state index in [1.807, 2.05) is 11.3 Å². The molecule has 0 spiro atoms. The molecule has 0 unspecified atom stereocenters. The minimum Gasteiger partial charge on any atom is -0.481 e. The fraction of sp³-hybridized carbons (Fsp3) is 0.583. The van der Waals surface area contributed by atoms with E-state index in [1.54, 1.807) is 0 Å². The SMILES string of the molecule is O=C(O)CCc1ccc(C2CCCC2)s1. The summed E-state index contributed by atoms with van der Waals surface area (Å²) in [7, 11) is 0. The smallest absolute Gasteiger partial charge is 0.303 e. The first-order chi connectivity index (χ1) is 7.25. The van der Waals surface area contributed by atoms with Crippen molar-refractivity contribution in [2.24, 2.45) is 0 Å². The van der Waals surface area contributed by atoms with Gasteiger partial charge >= 0.3 is 5.97 Å². The summed E-state index contributed by atoms with van der Waals surface area (Å²) in [4.78, 5) is 13.1. The average Bonchev–Trinajstić information content (AvgIpc) is 2.85. The molecule has 0 saturated heterocycles. The molecule has 0 bridgehead atoms. The second-order valence-electron chi connectivity index (χ2n) is 4.18. The van der Waals surface area contributed by atoms with Crippen LogP contribution in [-0.4, -0.2) is 11.1 Å². The molecule has 0 radical (unpaired) electrons. The van der Waals surface area contributed by atoms with E-state index < -0.39 is 5.97 Å². The van der Waals surface area contributed by atoms with Gasteiger partial charge in [0.2, 0.25) is 0 Å². The maximum Gasteiger partial charge on any atom is 0.303 e. The molecule has 1 saturated carbocycles. The normalized spacial score (nSPS) is 17.1. The van der Waals surface area contributed by atoms with E-state index in [2.05, 4.69) is 12.1 Å². The number of thiophene rings is 1. The first-order valence-corrected chi connectivity index (χ1v) is 6.38. The summed E-state index contributed by atoms with van der Waals surface area (Å²) in [6.07, 6.45) is 6.29. The van der Waals surface area contributed by atoms with Crippen molar-refractivity contribution in [3.63, 3.8) is 0 Å². The second kappa shape index (κ2) is 4.79. The quantitative estimate of drug-likeness (QED) is 0.850. The molecule has 3 heteroatoms. The number of carboxylic acid groups (broad SMARTS) is 1. The van der Waals surface area contributed by atoms with Gasteiger partial charge in [-0.15, -0.1) is 11.3 Å². The van der Waals surface area contributed by atoms with Gasteiger partial charge in [0.1, 0.15) is 0 Å². The van der Waals surface area contributed by atoms with Gasteiger partial charge in [-0.3, -0.25) is 4.79 Å². The number of carboxylic acids is 1. The van der Waals surface area contributed by atoms with Crippen molar-refractivity contribution in [2.45, 2.75) is 44.4 Å². The lowest BCUT2D eigenvalue weighted by Gasteiger charge is -2.03. The summed E-state index contributed by atoms with van der Waals surface area (Å²) in [6, 6.07) is 4.29. The predicted molar refractivity (Wildman–Crippen MR) is 61.5 cm³/mol. The minimum atomic E-state index is -0.703. The molecular formula is C12H16O2S. The van der Waals surface area contributed by atoms with Crippen molar-refractivity contribution in [3.05, 3.63) is 21.9 Å². The molecular weight excluding hydrogens is 208 g/mol. The number of hydrogen-bond donors (Lipinski definition) is 1. The Balaban J connectivity index is 1.94. The number of aliphatic carboxylic acids is 1. The molecule has 0 aliphatic heterocycles. The van der Waals surface area contributed by atoms with E-state index in [0.717, 1.165) is 5.92 Å². The lowest BCUT2D eigenvalue weighted by molar-refractivity contribution is -0.136. The highest BCUT2D eigenvalue weighted by Gasteiger charge is 2.18. The third kappa shape index (κ3) is 2.81. The highest BCUT2D eigenvalue weighted by Crippen LogP contribution is 2.37. The van der Waals surface area contributed by atoms with Crippen molar-refractivity contribution >= 4 is 17.3 Å². The monoisotopic (exact) mass is 224 g/mol. The summed E-state index contributed by atoms with van der Waals surface area (Å²) in [5, 5.41) is 8.60. The third-order valence-electron chi connectivity index (χ3n) is 3.03. The number of carbonyl (C=O) groups is 1. The van der Waals surface area contributed by atoms with E-state index in [1.165, 1.54) is 35.4 Å². The molecule has 0 atom stereocenters. The molecule has 1 heterocycles. The van der Waals surface area contributed by atoms with Crippen LogP contribution in [0.15, 0.2) is 12.1 Å². The van der Waals surface area contributed by atoms with Crippen LogP contribution < -0.4 is 0 Å². The second-order valence-corrected chi connectivity index (χ2v) is 5.38. The molecule has 1 aliphatic rings. The van der Waals surface area contributed by atoms with Gasteiger partial charge in [-0.25, -0.2) is 0 Å². The summed E-state index contributed by atoms with van der Waals surface area (Å²) < 4.78 is 0. The summed E-state index contributed by atoms with van der Waals surface area (Å²) in [5.74, 6) is 0.0550. The summed E-state index contributed by atoms with van der Waals surface area (Å²) >= 11 is 1.81. The zero-order chi connectivity index (χ0) is 10.7. The van der Waals surface area contributed by atoms with Gasteiger partial charge in [-0.1, -0.05) is 12.8 Å². The van der Waals surface area contributed by atoms with Gasteiger partial charge in [-0.2, -0.15) is 0 Å².